The Hall–Kier alpha value is -3.97. The monoisotopic (exact) mass is 539 g/mol. The van der Waals surface area contributed by atoms with E-state index in [0.717, 1.165) is 0 Å². The van der Waals surface area contributed by atoms with Crippen molar-refractivity contribution in [3.8, 4) is 0 Å². The second kappa shape index (κ2) is 7.70. The first-order valence-corrected chi connectivity index (χ1v) is 15.5. The Kier molecular flexibility index (Phi) is 4.51. The molecule has 0 N–H and O–H groups in total. The van der Waals surface area contributed by atoms with E-state index >= 15 is 0 Å². The second-order valence-corrected chi connectivity index (χ2v) is 14.4. The van der Waals surface area contributed by atoms with Gasteiger partial charge in [-0.25, -0.2) is 0 Å². The van der Waals surface area contributed by atoms with Gasteiger partial charge in [0.1, 0.15) is 0 Å². The van der Waals surface area contributed by atoms with Crippen LogP contribution in [0.4, 0.5) is 17.1 Å². The zero-order chi connectivity index (χ0) is 28.9. The molecule has 0 radical (unpaired) electrons. The lowest BCUT2D eigenvalue weighted by molar-refractivity contribution is 0.644. The van der Waals surface area contributed by atoms with Crippen molar-refractivity contribution < 1.29 is 0 Å². The summed E-state index contributed by atoms with van der Waals surface area (Å²) in [6.45, 7) is 17.0. The van der Waals surface area contributed by atoms with E-state index in [2.05, 4.69) is 138 Å². The molecular formula is C39H35B2N. The van der Waals surface area contributed by atoms with Crippen LogP contribution in [0.1, 0.15) is 66.6 Å². The number of aryl methyl sites for hydroxylation is 3. The molecule has 0 unspecified atom stereocenters. The number of nitrogens with zero attached hydrogens (tertiary/aromatic N) is 1. The van der Waals surface area contributed by atoms with Gasteiger partial charge >= 0.3 is 0 Å². The fourth-order valence-corrected chi connectivity index (χ4v) is 9.36. The van der Waals surface area contributed by atoms with E-state index < -0.39 is 0 Å². The predicted molar refractivity (Wildman–Crippen MR) is 182 cm³/mol. The van der Waals surface area contributed by atoms with Crippen LogP contribution in [0.5, 0.6) is 0 Å². The van der Waals surface area contributed by atoms with Gasteiger partial charge in [0.2, 0.25) is 13.4 Å². The Bertz CT molecular complexity index is 1910. The van der Waals surface area contributed by atoms with E-state index in [1.54, 1.807) is 0 Å². The topological polar surface area (TPSA) is 3.24 Å². The molecule has 0 saturated heterocycles. The highest BCUT2D eigenvalue weighted by atomic mass is 15.2. The molecule has 0 fully saturated rings. The number of hydrogen-bond donors (Lipinski definition) is 0. The van der Waals surface area contributed by atoms with Crippen molar-refractivity contribution in [3.05, 3.63) is 124 Å². The fourth-order valence-electron chi connectivity index (χ4n) is 9.36. The molecule has 0 amide bonds. The van der Waals surface area contributed by atoms with Crippen molar-refractivity contribution in [1.82, 2.24) is 0 Å². The minimum Gasteiger partial charge on any atom is -0.312 e. The standard InChI is InChI=1S/C39H35B2N/c1-22-16-27-35-33(20-22)42-34-21-23(2)17-28-36(34)41(30-15-11-9-13-26(30)39(28,6)7)32-19-24(3)18-31(37(32)42)40(35)29-14-10-8-12-25(29)38(27,4)5/h8-21H,1-7H3. The molecule has 0 saturated carbocycles. The second-order valence-electron chi connectivity index (χ2n) is 14.4. The Morgan fingerprint density at radius 1 is 0.476 bits per heavy atom. The normalized spacial score (nSPS) is 17.2. The van der Waals surface area contributed by atoms with E-state index in [1.807, 2.05) is 0 Å². The Labute approximate surface area is 250 Å². The van der Waals surface area contributed by atoms with Gasteiger partial charge in [0.15, 0.2) is 0 Å². The zero-order valence-electron chi connectivity index (χ0n) is 25.7. The van der Waals surface area contributed by atoms with Crippen LogP contribution >= 0.6 is 0 Å². The van der Waals surface area contributed by atoms with Crippen molar-refractivity contribution in [2.75, 3.05) is 4.90 Å². The molecule has 0 atom stereocenters. The van der Waals surface area contributed by atoms with Gasteiger partial charge in [-0.15, -0.1) is 0 Å². The molecule has 5 aromatic rings. The van der Waals surface area contributed by atoms with Crippen LogP contribution in [0.15, 0.2) is 84.9 Å². The van der Waals surface area contributed by atoms with E-state index in [1.165, 1.54) is 88.8 Å². The van der Waals surface area contributed by atoms with Crippen LogP contribution in [0.2, 0.25) is 0 Å². The number of anilines is 3. The Morgan fingerprint density at radius 3 is 1.33 bits per heavy atom. The Balaban J connectivity index is 1.48. The fraction of sp³-hybridized carbons (Fsp3) is 0.231. The lowest BCUT2D eigenvalue weighted by Crippen LogP contribution is -2.70. The van der Waals surface area contributed by atoms with Gasteiger partial charge in [-0.3, -0.25) is 0 Å². The molecule has 202 valence electrons. The van der Waals surface area contributed by atoms with E-state index in [9.17, 15) is 0 Å². The van der Waals surface area contributed by atoms with Gasteiger partial charge in [0.25, 0.3) is 0 Å². The Morgan fingerprint density at radius 2 is 0.881 bits per heavy atom. The molecule has 4 heterocycles. The predicted octanol–water partition coefficient (Wildman–Crippen LogP) is 5.02. The van der Waals surface area contributed by atoms with Gasteiger partial charge in [-0.2, -0.15) is 0 Å². The molecule has 0 aliphatic carbocycles. The van der Waals surface area contributed by atoms with Gasteiger partial charge in [0, 0.05) is 27.9 Å². The average molecular weight is 539 g/mol. The van der Waals surface area contributed by atoms with Gasteiger partial charge < -0.3 is 4.90 Å². The van der Waals surface area contributed by atoms with Crippen molar-refractivity contribution in [2.45, 2.75) is 59.3 Å². The van der Waals surface area contributed by atoms with Gasteiger partial charge in [-0.05, 0) is 88.1 Å². The lowest BCUT2D eigenvalue weighted by Gasteiger charge is -2.51. The molecular weight excluding hydrogens is 504 g/mol. The molecule has 5 aromatic carbocycles. The van der Waals surface area contributed by atoms with Gasteiger partial charge in [-0.1, -0.05) is 117 Å². The van der Waals surface area contributed by atoms with E-state index in [-0.39, 0.29) is 24.3 Å². The summed E-state index contributed by atoms with van der Waals surface area (Å²) in [5, 5.41) is 0. The average Bonchev–Trinajstić information content (AvgIpc) is 2.95. The summed E-state index contributed by atoms with van der Waals surface area (Å²) in [6, 6.07) is 33.4. The maximum atomic E-state index is 2.68. The van der Waals surface area contributed by atoms with Gasteiger partial charge in [0.05, 0.1) is 0 Å². The summed E-state index contributed by atoms with van der Waals surface area (Å²) in [5.41, 5.74) is 22.8. The molecule has 0 aromatic heterocycles. The first kappa shape index (κ1) is 24.6. The molecule has 1 nitrogen and oxygen atoms in total. The van der Waals surface area contributed by atoms with Crippen LogP contribution in [0.25, 0.3) is 0 Å². The summed E-state index contributed by atoms with van der Waals surface area (Å²) in [6.07, 6.45) is 0. The van der Waals surface area contributed by atoms with Crippen LogP contribution in [0, 0.1) is 20.8 Å². The van der Waals surface area contributed by atoms with Crippen molar-refractivity contribution in [1.29, 1.82) is 0 Å². The van der Waals surface area contributed by atoms with Crippen molar-refractivity contribution in [3.63, 3.8) is 0 Å². The summed E-state index contributed by atoms with van der Waals surface area (Å²) in [4.78, 5) is 2.68. The molecule has 9 rings (SSSR count). The number of rotatable bonds is 0. The summed E-state index contributed by atoms with van der Waals surface area (Å²) >= 11 is 0. The molecule has 42 heavy (non-hydrogen) atoms. The third-order valence-corrected chi connectivity index (χ3v) is 11.1. The smallest absolute Gasteiger partial charge is 0.247 e. The quantitative estimate of drug-likeness (QED) is 0.245. The molecule has 0 spiro atoms. The van der Waals surface area contributed by atoms with E-state index in [0.29, 0.717) is 0 Å². The molecule has 0 bridgehead atoms. The minimum atomic E-state index is -0.0708. The first-order valence-electron chi connectivity index (χ1n) is 15.5. The first-order chi connectivity index (χ1) is 20.1. The highest BCUT2D eigenvalue weighted by Gasteiger charge is 2.52. The number of fused-ring (bicyclic) bond motifs is 8. The zero-order valence-corrected chi connectivity index (χ0v) is 25.7. The molecule has 4 aliphatic rings. The van der Waals surface area contributed by atoms with Crippen LogP contribution in [0.3, 0.4) is 0 Å². The minimum absolute atomic E-state index is 0.0708. The number of benzene rings is 5. The van der Waals surface area contributed by atoms with Crippen LogP contribution < -0.4 is 37.7 Å². The van der Waals surface area contributed by atoms with E-state index in [4.69, 9.17) is 0 Å². The highest BCUT2D eigenvalue weighted by Crippen LogP contribution is 2.46. The molecule has 3 heteroatoms. The number of hydrogen-bond acceptors (Lipinski definition) is 1. The largest absolute Gasteiger partial charge is 0.312 e. The van der Waals surface area contributed by atoms with Crippen molar-refractivity contribution >= 4 is 63.3 Å². The van der Waals surface area contributed by atoms with Crippen LogP contribution in [-0.4, -0.2) is 13.4 Å². The summed E-state index contributed by atoms with van der Waals surface area (Å²) < 4.78 is 0. The van der Waals surface area contributed by atoms with Crippen LogP contribution in [-0.2, 0) is 10.8 Å². The third kappa shape index (κ3) is 2.78. The maximum Gasteiger partial charge on any atom is 0.247 e. The highest BCUT2D eigenvalue weighted by molar-refractivity contribution is 7.03. The SMILES string of the molecule is Cc1cc2c3c(c1)B1c4ccccc4C(C)(C)c4cc(C)cc(c41)N3c1cc(C)cc3c1B2c1ccccc1C3(C)C. The third-order valence-electron chi connectivity index (χ3n) is 11.1. The maximum absolute atomic E-state index is 2.68. The lowest BCUT2D eigenvalue weighted by atomic mass is 9.26. The molecule has 4 aliphatic heterocycles. The summed E-state index contributed by atoms with van der Waals surface area (Å²) in [5.74, 6) is 0. The summed E-state index contributed by atoms with van der Waals surface area (Å²) in [7, 11) is 0. The van der Waals surface area contributed by atoms with Crippen molar-refractivity contribution in [2.24, 2.45) is 0 Å².